The molecule has 0 atom stereocenters. The smallest absolute Gasteiger partial charge is 0.407 e. The molecule has 27 heavy (non-hydrogen) atoms. The first-order valence-electron chi connectivity index (χ1n) is 8.98. The van der Waals surface area contributed by atoms with Crippen molar-refractivity contribution >= 4 is 17.9 Å². The molecule has 0 aliphatic heterocycles. The van der Waals surface area contributed by atoms with Gasteiger partial charge in [-0.3, -0.25) is 0 Å². The lowest BCUT2D eigenvalue weighted by Gasteiger charge is -2.19. The van der Waals surface area contributed by atoms with Gasteiger partial charge < -0.3 is 14.5 Å². The molecule has 6 nitrogen and oxygen atoms in total. The highest BCUT2D eigenvalue weighted by Gasteiger charge is 2.15. The first-order chi connectivity index (χ1) is 12.8. The third kappa shape index (κ3) is 8.90. The Hall–Kier alpha value is -2.09. The molecule has 0 fully saturated rings. The number of nitrogens with one attached hydrogen (secondary N) is 1. The second kappa shape index (κ2) is 10.3. The van der Waals surface area contributed by atoms with Crippen LogP contribution < -0.4 is 5.32 Å². The van der Waals surface area contributed by atoms with Crippen molar-refractivity contribution in [2.75, 3.05) is 6.54 Å². The standard InChI is InChI=1S/C19H26FN3O3S/c1-19(2,3)26-17(24)21-12-6-4-5-7-16-22-23-18(25-16)27-13-14-8-10-15(20)11-9-14/h8-11H,4-7,12-13H2,1-3H3,(H,21,24). The fourth-order valence-electron chi connectivity index (χ4n) is 2.21. The van der Waals surface area contributed by atoms with E-state index in [4.69, 9.17) is 9.15 Å². The van der Waals surface area contributed by atoms with E-state index < -0.39 is 5.60 Å². The van der Waals surface area contributed by atoms with Gasteiger partial charge in [-0.15, -0.1) is 10.2 Å². The minimum absolute atomic E-state index is 0.245. The second-order valence-electron chi connectivity index (χ2n) is 7.12. The van der Waals surface area contributed by atoms with Gasteiger partial charge in [-0.1, -0.05) is 30.3 Å². The first-order valence-corrected chi connectivity index (χ1v) is 9.97. The maximum absolute atomic E-state index is 12.9. The molecule has 8 heteroatoms. The average Bonchev–Trinajstić information content (AvgIpc) is 3.04. The number of aryl methyl sites for hydroxylation is 1. The van der Waals surface area contributed by atoms with Crippen molar-refractivity contribution in [3.8, 4) is 0 Å². The summed E-state index contributed by atoms with van der Waals surface area (Å²) in [7, 11) is 0. The summed E-state index contributed by atoms with van der Waals surface area (Å²) in [4.78, 5) is 11.5. The van der Waals surface area contributed by atoms with Crippen molar-refractivity contribution < 1.29 is 18.3 Å². The molecular weight excluding hydrogens is 369 g/mol. The molecule has 0 aliphatic rings. The third-order valence-corrected chi connectivity index (χ3v) is 4.35. The molecule has 2 rings (SSSR count). The van der Waals surface area contributed by atoms with Crippen LogP contribution in [-0.4, -0.2) is 28.4 Å². The molecule has 0 saturated carbocycles. The van der Waals surface area contributed by atoms with Crippen molar-refractivity contribution in [2.24, 2.45) is 0 Å². The Morgan fingerprint density at radius 2 is 1.93 bits per heavy atom. The van der Waals surface area contributed by atoms with E-state index in [2.05, 4.69) is 15.5 Å². The van der Waals surface area contributed by atoms with Gasteiger partial charge in [0, 0.05) is 18.7 Å². The van der Waals surface area contributed by atoms with Crippen molar-refractivity contribution in [1.82, 2.24) is 15.5 Å². The van der Waals surface area contributed by atoms with Crippen LogP contribution in [-0.2, 0) is 16.9 Å². The van der Waals surface area contributed by atoms with Gasteiger partial charge in [0.15, 0.2) is 0 Å². The first kappa shape index (κ1) is 21.2. The molecule has 1 amide bonds. The Morgan fingerprint density at radius 1 is 1.19 bits per heavy atom. The Balaban J connectivity index is 1.58. The maximum Gasteiger partial charge on any atom is 0.407 e. The van der Waals surface area contributed by atoms with E-state index in [0.29, 0.717) is 29.8 Å². The van der Waals surface area contributed by atoms with Gasteiger partial charge in [-0.2, -0.15) is 0 Å². The third-order valence-electron chi connectivity index (χ3n) is 3.46. The second-order valence-corrected chi connectivity index (χ2v) is 8.04. The van der Waals surface area contributed by atoms with Crippen LogP contribution in [0.15, 0.2) is 33.9 Å². The Bertz CT molecular complexity index is 714. The van der Waals surface area contributed by atoms with E-state index in [1.54, 1.807) is 12.1 Å². The van der Waals surface area contributed by atoms with Crippen LogP contribution in [0.2, 0.25) is 0 Å². The summed E-state index contributed by atoms with van der Waals surface area (Å²) in [5.74, 6) is 1.01. The SMILES string of the molecule is CC(C)(C)OC(=O)NCCCCCc1nnc(SCc2ccc(F)cc2)o1. The lowest BCUT2D eigenvalue weighted by Crippen LogP contribution is -2.32. The number of unbranched alkanes of at least 4 members (excludes halogenated alkanes) is 2. The zero-order valence-corrected chi connectivity index (χ0v) is 16.8. The number of hydrogen-bond donors (Lipinski definition) is 1. The number of carbonyl (C=O) groups is 1. The minimum Gasteiger partial charge on any atom is -0.444 e. The van der Waals surface area contributed by atoms with Crippen LogP contribution in [0.25, 0.3) is 0 Å². The topological polar surface area (TPSA) is 77.2 Å². The van der Waals surface area contributed by atoms with E-state index in [1.807, 2.05) is 20.8 Å². The van der Waals surface area contributed by atoms with E-state index in [1.165, 1.54) is 23.9 Å². The summed E-state index contributed by atoms with van der Waals surface area (Å²) in [5.41, 5.74) is 0.521. The van der Waals surface area contributed by atoms with Crippen LogP contribution in [0.5, 0.6) is 0 Å². The van der Waals surface area contributed by atoms with Gasteiger partial charge in [0.1, 0.15) is 11.4 Å². The van der Waals surface area contributed by atoms with Crippen LogP contribution >= 0.6 is 11.8 Å². The van der Waals surface area contributed by atoms with Gasteiger partial charge in [-0.25, -0.2) is 9.18 Å². The number of nitrogens with zero attached hydrogens (tertiary/aromatic N) is 2. The number of hydrogen-bond acceptors (Lipinski definition) is 6. The van der Waals surface area contributed by atoms with E-state index in [0.717, 1.165) is 24.8 Å². The molecule has 148 valence electrons. The van der Waals surface area contributed by atoms with Gasteiger partial charge in [0.05, 0.1) is 0 Å². The zero-order valence-electron chi connectivity index (χ0n) is 16.0. The van der Waals surface area contributed by atoms with Crippen molar-refractivity contribution in [1.29, 1.82) is 0 Å². The number of thioether (sulfide) groups is 1. The van der Waals surface area contributed by atoms with Crippen molar-refractivity contribution in [2.45, 2.75) is 63.0 Å². The number of halogens is 1. The highest BCUT2D eigenvalue weighted by molar-refractivity contribution is 7.98. The number of aromatic nitrogens is 2. The molecule has 1 aromatic carbocycles. The maximum atomic E-state index is 12.9. The van der Waals surface area contributed by atoms with E-state index in [9.17, 15) is 9.18 Å². The lowest BCUT2D eigenvalue weighted by atomic mass is 10.2. The number of amides is 1. The lowest BCUT2D eigenvalue weighted by molar-refractivity contribution is 0.0527. The molecule has 0 bridgehead atoms. The van der Waals surface area contributed by atoms with E-state index in [-0.39, 0.29) is 11.9 Å². The summed E-state index contributed by atoms with van der Waals surface area (Å²) in [6, 6.07) is 6.36. The average molecular weight is 396 g/mol. The Kier molecular flexibility index (Phi) is 8.09. The summed E-state index contributed by atoms with van der Waals surface area (Å²) < 4.78 is 23.7. The van der Waals surface area contributed by atoms with Gasteiger partial charge >= 0.3 is 6.09 Å². The monoisotopic (exact) mass is 395 g/mol. The quantitative estimate of drug-likeness (QED) is 0.488. The van der Waals surface area contributed by atoms with Gasteiger partial charge in [-0.05, 0) is 51.3 Å². The highest BCUT2D eigenvalue weighted by Crippen LogP contribution is 2.22. The minimum atomic E-state index is -0.478. The fraction of sp³-hybridized carbons (Fsp3) is 0.526. The molecule has 2 aromatic rings. The number of benzene rings is 1. The molecule has 1 heterocycles. The molecule has 0 radical (unpaired) electrons. The summed E-state index contributed by atoms with van der Waals surface area (Å²) in [5, 5.41) is 11.3. The largest absolute Gasteiger partial charge is 0.444 e. The molecular formula is C19H26FN3O3S. The van der Waals surface area contributed by atoms with E-state index >= 15 is 0 Å². The van der Waals surface area contributed by atoms with Crippen molar-refractivity contribution in [3.05, 3.63) is 41.5 Å². The summed E-state index contributed by atoms with van der Waals surface area (Å²) in [6.07, 6.45) is 3.02. The fourth-order valence-corrected chi connectivity index (χ4v) is 2.94. The van der Waals surface area contributed by atoms with Crippen LogP contribution in [0.3, 0.4) is 0 Å². The molecule has 1 aromatic heterocycles. The number of carbonyl (C=O) groups excluding carboxylic acids is 1. The van der Waals surface area contributed by atoms with Gasteiger partial charge in [0.2, 0.25) is 5.89 Å². The molecule has 0 saturated heterocycles. The molecule has 1 N–H and O–H groups in total. The molecule has 0 spiro atoms. The molecule has 0 unspecified atom stereocenters. The van der Waals surface area contributed by atoms with Gasteiger partial charge in [0.25, 0.3) is 5.22 Å². The normalized spacial score (nSPS) is 11.4. The van der Waals surface area contributed by atoms with Crippen LogP contribution in [0.4, 0.5) is 9.18 Å². The summed E-state index contributed by atoms with van der Waals surface area (Å²) >= 11 is 1.43. The Labute approximate surface area is 163 Å². The highest BCUT2D eigenvalue weighted by atomic mass is 32.2. The van der Waals surface area contributed by atoms with Crippen LogP contribution in [0, 0.1) is 5.82 Å². The number of rotatable bonds is 9. The number of ether oxygens (including phenoxy) is 1. The Morgan fingerprint density at radius 3 is 2.63 bits per heavy atom. The van der Waals surface area contributed by atoms with Crippen LogP contribution in [0.1, 0.15) is 51.5 Å². The predicted molar refractivity (Wildman–Crippen MR) is 102 cm³/mol. The molecule has 0 aliphatic carbocycles. The zero-order chi connectivity index (χ0) is 19.7. The number of alkyl carbamates (subject to hydrolysis) is 1. The predicted octanol–water partition coefficient (Wildman–Crippen LogP) is 4.74. The van der Waals surface area contributed by atoms with Crippen molar-refractivity contribution in [3.63, 3.8) is 0 Å². The summed E-state index contributed by atoms with van der Waals surface area (Å²) in [6.45, 7) is 6.09.